The lowest BCUT2D eigenvalue weighted by molar-refractivity contribution is 1.18. The molecule has 0 bridgehead atoms. The summed E-state index contributed by atoms with van der Waals surface area (Å²) in [7, 11) is 0. The van der Waals surface area contributed by atoms with Crippen LogP contribution in [0.5, 0.6) is 0 Å². The standard InChI is InChI=1S/C44H26N4/c45-27-29-20-25-37(43(26-29)48-41-18-7-3-13-35(41)36-14-4-8-19-42(36)48)38-15-9-10-31(28-46)44(38)30-21-23-32(24-22-30)47-39-16-5-1-11-33(39)34-12-2-6-17-40(34)47/h1-26H. The van der Waals surface area contributed by atoms with Gasteiger partial charge in [-0.25, -0.2) is 0 Å². The van der Waals surface area contributed by atoms with Crippen LogP contribution < -0.4 is 0 Å². The predicted molar refractivity (Wildman–Crippen MR) is 195 cm³/mol. The first-order valence-electron chi connectivity index (χ1n) is 15.9. The highest BCUT2D eigenvalue weighted by atomic mass is 15.0. The van der Waals surface area contributed by atoms with Crippen molar-refractivity contribution in [1.82, 2.24) is 9.13 Å². The molecule has 0 saturated heterocycles. The van der Waals surface area contributed by atoms with E-state index in [1.165, 1.54) is 10.8 Å². The summed E-state index contributed by atoms with van der Waals surface area (Å²) < 4.78 is 4.54. The summed E-state index contributed by atoms with van der Waals surface area (Å²) in [6, 6.07) is 58.8. The first kappa shape index (κ1) is 27.4. The SMILES string of the molecule is N#Cc1ccc(-c2cccc(C#N)c2-c2ccc(-n3c4ccccc4c4ccccc43)cc2)c(-n2c3ccccc3c3ccccc32)c1. The van der Waals surface area contributed by atoms with Gasteiger partial charge in [-0.3, -0.25) is 0 Å². The fourth-order valence-corrected chi connectivity index (χ4v) is 7.35. The lowest BCUT2D eigenvalue weighted by Crippen LogP contribution is -2.00. The fraction of sp³-hybridized carbons (Fsp3) is 0. The Morgan fingerprint density at radius 2 is 0.938 bits per heavy atom. The first-order chi connectivity index (χ1) is 23.7. The summed E-state index contributed by atoms with van der Waals surface area (Å²) in [5.74, 6) is 0. The van der Waals surface area contributed by atoms with Crippen molar-refractivity contribution in [3.8, 4) is 45.8 Å². The van der Waals surface area contributed by atoms with Gasteiger partial charge in [-0.1, -0.05) is 103 Å². The summed E-state index contributed by atoms with van der Waals surface area (Å²) >= 11 is 0. The average Bonchev–Trinajstić information content (AvgIpc) is 3.67. The normalized spacial score (nSPS) is 11.3. The Kier molecular flexibility index (Phi) is 6.22. The van der Waals surface area contributed by atoms with Crippen LogP contribution in [0.2, 0.25) is 0 Å². The van der Waals surface area contributed by atoms with Crippen molar-refractivity contribution in [1.29, 1.82) is 10.5 Å². The van der Waals surface area contributed by atoms with Crippen LogP contribution in [0.4, 0.5) is 0 Å². The van der Waals surface area contributed by atoms with E-state index in [1.807, 2.05) is 42.5 Å². The number of hydrogen-bond acceptors (Lipinski definition) is 2. The molecular formula is C44H26N4. The molecule has 4 nitrogen and oxygen atoms in total. The third-order valence-corrected chi connectivity index (χ3v) is 9.42. The van der Waals surface area contributed by atoms with Gasteiger partial charge in [-0.2, -0.15) is 10.5 Å². The van der Waals surface area contributed by atoms with Gasteiger partial charge >= 0.3 is 0 Å². The number of fused-ring (bicyclic) bond motifs is 6. The molecule has 48 heavy (non-hydrogen) atoms. The second kappa shape index (κ2) is 10.9. The van der Waals surface area contributed by atoms with Gasteiger partial charge < -0.3 is 9.13 Å². The molecule has 0 spiro atoms. The lowest BCUT2D eigenvalue weighted by atomic mass is 9.89. The summed E-state index contributed by atoms with van der Waals surface area (Å²) in [5.41, 5.74) is 11.2. The number of hydrogen-bond donors (Lipinski definition) is 0. The molecule has 0 aliphatic heterocycles. The van der Waals surface area contributed by atoms with Gasteiger partial charge in [0, 0.05) is 38.4 Å². The van der Waals surface area contributed by atoms with Crippen LogP contribution in [0.1, 0.15) is 11.1 Å². The Hall–Kier alpha value is -6.88. The van der Waals surface area contributed by atoms with Gasteiger partial charge in [0.1, 0.15) is 0 Å². The Morgan fingerprint density at radius 3 is 1.46 bits per heavy atom. The molecule has 0 radical (unpaired) electrons. The maximum atomic E-state index is 10.4. The highest BCUT2D eigenvalue weighted by Crippen LogP contribution is 2.42. The minimum atomic E-state index is 0.573. The van der Waals surface area contributed by atoms with Crippen molar-refractivity contribution in [2.24, 2.45) is 0 Å². The zero-order chi connectivity index (χ0) is 32.2. The van der Waals surface area contributed by atoms with Crippen LogP contribution in [0.15, 0.2) is 158 Å². The number of para-hydroxylation sites is 4. The molecule has 2 heterocycles. The molecular weight excluding hydrogens is 585 g/mol. The van der Waals surface area contributed by atoms with E-state index < -0.39 is 0 Å². The Balaban J connectivity index is 1.27. The van der Waals surface area contributed by atoms with E-state index in [1.54, 1.807) is 0 Å². The summed E-state index contributed by atoms with van der Waals surface area (Å²) in [6.45, 7) is 0. The van der Waals surface area contributed by atoms with Crippen molar-refractivity contribution < 1.29 is 0 Å². The van der Waals surface area contributed by atoms with Crippen LogP contribution >= 0.6 is 0 Å². The van der Waals surface area contributed by atoms with E-state index in [-0.39, 0.29) is 0 Å². The van der Waals surface area contributed by atoms with Crippen molar-refractivity contribution in [3.05, 3.63) is 169 Å². The quantitative estimate of drug-likeness (QED) is 0.199. The monoisotopic (exact) mass is 610 g/mol. The molecule has 0 fully saturated rings. The summed E-state index contributed by atoms with van der Waals surface area (Å²) in [6.07, 6.45) is 0. The van der Waals surface area contributed by atoms with Gasteiger partial charge in [0.15, 0.2) is 0 Å². The van der Waals surface area contributed by atoms with Crippen molar-refractivity contribution in [2.45, 2.75) is 0 Å². The number of benzene rings is 7. The fourth-order valence-electron chi connectivity index (χ4n) is 7.35. The van der Waals surface area contributed by atoms with E-state index in [4.69, 9.17) is 0 Å². The molecule has 0 aliphatic carbocycles. The van der Waals surface area contributed by atoms with E-state index in [2.05, 4.69) is 137 Å². The predicted octanol–water partition coefficient (Wildman–Crippen LogP) is 11.0. The van der Waals surface area contributed by atoms with Gasteiger partial charge in [0.25, 0.3) is 0 Å². The van der Waals surface area contributed by atoms with E-state index in [9.17, 15) is 10.5 Å². The van der Waals surface area contributed by atoms with Crippen molar-refractivity contribution in [2.75, 3.05) is 0 Å². The number of rotatable bonds is 4. The molecule has 7 aromatic carbocycles. The molecule has 0 unspecified atom stereocenters. The first-order valence-corrected chi connectivity index (χ1v) is 15.9. The van der Waals surface area contributed by atoms with E-state index >= 15 is 0 Å². The number of nitrogens with zero attached hydrogens (tertiary/aromatic N) is 4. The van der Waals surface area contributed by atoms with Crippen LogP contribution in [-0.2, 0) is 0 Å². The second-order valence-electron chi connectivity index (χ2n) is 12.0. The molecule has 0 saturated carbocycles. The van der Waals surface area contributed by atoms with E-state index in [0.717, 1.165) is 66.5 Å². The highest BCUT2D eigenvalue weighted by Gasteiger charge is 2.20. The Morgan fingerprint density at radius 1 is 0.417 bits per heavy atom. The lowest BCUT2D eigenvalue weighted by Gasteiger charge is -2.18. The molecule has 2 aromatic heterocycles. The summed E-state index contributed by atoms with van der Waals surface area (Å²) in [5, 5.41) is 25.1. The Labute approximate surface area is 277 Å². The highest BCUT2D eigenvalue weighted by molar-refractivity contribution is 6.11. The van der Waals surface area contributed by atoms with Gasteiger partial charge in [0.05, 0.1) is 51.0 Å². The molecule has 0 N–H and O–H groups in total. The van der Waals surface area contributed by atoms with Gasteiger partial charge in [-0.05, 0) is 65.7 Å². The molecule has 0 aliphatic rings. The number of aromatic nitrogens is 2. The molecule has 4 heteroatoms. The van der Waals surface area contributed by atoms with Crippen molar-refractivity contribution >= 4 is 43.6 Å². The average molecular weight is 611 g/mol. The van der Waals surface area contributed by atoms with Crippen LogP contribution in [0.3, 0.4) is 0 Å². The Bertz CT molecular complexity index is 2690. The molecule has 9 aromatic rings. The zero-order valence-electron chi connectivity index (χ0n) is 25.8. The minimum absolute atomic E-state index is 0.573. The maximum Gasteiger partial charge on any atom is 0.0998 e. The largest absolute Gasteiger partial charge is 0.309 e. The van der Waals surface area contributed by atoms with E-state index in [0.29, 0.717) is 11.1 Å². The summed E-state index contributed by atoms with van der Waals surface area (Å²) in [4.78, 5) is 0. The topological polar surface area (TPSA) is 57.4 Å². The smallest absolute Gasteiger partial charge is 0.0998 e. The second-order valence-corrected chi connectivity index (χ2v) is 12.0. The van der Waals surface area contributed by atoms with Gasteiger partial charge in [-0.15, -0.1) is 0 Å². The minimum Gasteiger partial charge on any atom is -0.309 e. The molecule has 222 valence electrons. The molecule has 9 rings (SSSR count). The van der Waals surface area contributed by atoms with Gasteiger partial charge in [0.2, 0.25) is 0 Å². The van der Waals surface area contributed by atoms with Crippen LogP contribution in [0.25, 0.3) is 77.2 Å². The third kappa shape index (κ3) is 4.07. The number of nitriles is 2. The zero-order valence-corrected chi connectivity index (χ0v) is 25.8. The maximum absolute atomic E-state index is 10.4. The van der Waals surface area contributed by atoms with Crippen LogP contribution in [0, 0.1) is 22.7 Å². The third-order valence-electron chi connectivity index (χ3n) is 9.42. The molecule has 0 amide bonds. The van der Waals surface area contributed by atoms with Crippen molar-refractivity contribution in [3.63, 3.8) is 0 Å². The molecule has 0 atom stereocenters. The van der Waals surface area contributed by atoms with Crippen LogP contribution in [-0.4, -0.2) is 9.13 Å².